The summed E-state index contributed by atoms with van der Waals surface area (Å²) in [7, 11) is 0. The maximum atomic E-state index is 12.5. The Kier molecular flexibility index (Phi) is 4.47. The van der Waals surface area contributed by atoms with Gasteiger partial charge in [0.2, 0.25) is 0 Å². The van der Waals surface area contributed by atoms with Crippen molar-refractivity contribution in [3.8, 4) is 0 Å². The van der Waals surface area contributed by atoms with Crippen LogP contribution in [0.1, 0.15) is 65.7 Å². The van der Waals surface area contributed by atoms with Gasteiger partial charge in [-0.25, -0.2) is 0 Å². The molecule has 0 aromatic heterocycles. The zero-order valence-electron chi connectivity index (χ0n) is 12.4. The lowest BCUT2D eigenvalue weighted by molar-refractivity contribution is -0.135. The fourth-order valence-electron chi connectivity index (χ4n) is 3.86. The van der Waals surface area contributed by atoms with E-state index in [1.807, 2.05) is 0 Å². The quantitative estimate of drug-likeness (QED) is 0.760. The lowest BCUT2D eigenvalue weighted by Crippen LogP contribution is -2.44. The van der Waals surface area contributed by atoms with Crippen LogP contribution in [0.2, 0.25) is 0 Å². The molecule has 2 rings (SSSR count). The smallest absolute Gasteiger partial charge is 0.142 e. The van der Waals surface area contributed by atoms with Crippen molar-refractivity contribution < 1.29 is 4.79 Å². The highest BCUT2D eigenvalue weighted by molar-refractivity contribution is 5.87. The number of hydrogen-bond acceptors (Lipinski definition) is 2. The second-order valence-corrected chi connectivity index (χ2v) is 6.86. The van der Waals surface area contributed by atoms with Gasteiger partial charge in [-0.1, -0.05) is 40.0 Å². The highest BCUT2D eigenvalue weighted by atomic mass is 16.1. The third kappa shape index (κ3) is 2.96. The molecule has 0 aromatic rings. The van der Waals surface area contributed by atoms with E-state index in [4.69, 9.17) is 0 Å². The number of nitrogens with zero attached hydrogens (tertiary/aromatic N) is 1. The maximum absolute atomic E-state index is 12.5. The van der Waals surface area contributed by atoms with Gasteiger partial charge in [0.15, 0.2) is 0 Å². The molecule has 104 valence electrons. The number of carbonyl (C=O) groups excluding carboxylic acids is 1. The summed E-state index contributed by atoms with van der Waals surface area (Å²) in [5.74, 6) is 0.819. The summed E-state index contributed by atoms with van der Waals surface area (Å²) in [4.78, 5) is 15.1. The summed E-state index contributed by atoms with van der Waals surface area (Å²) >= 11 is 0. The normalized spacial score (nSPS) is 29.1. The van der Waals surface area contributed by atoms with Crippen molar-refractivity contribution in [3.05, 3.63) is 0 Å². The number of Topliss-reactive ketones (excluding diaryl/α,β-unsaturated/α-hetero) is 1. The lowest BCUT2D eigenvalue weighted by Gasteiger charge is -2.37. The molecule has 0 radical (unpaired) electrons. The molecule has 2 fully saturated rings. The SMILES string of the molecule is CCN(CC1CCCC(C)(C)C1=O)C1CCCC1. The molecule has 18 heavy (non-hydrogen) atoms. The third-order valence-corrected chi connectivity index (χ3v) is 5.09. The Bertz CT molecular complexity index is 291. The van der Waals surface area contributed by atoms with E-state index in [0.717, 1.165) is 32.0 Å². The van der Waals surface area contributed by atoms with Crippen molar-refractivity contribution >= 4 is 5.78 Å². The van der Waals surface area contributed by atoms with Crippen molar-refractivity contribution in [1.82, 2.24) is 4.90 Å². The molecule has 2 nitrogen and oxygen atoms in total. The van der Waals surface area contributed by atoms with E-state index in [1.165, 1.54) is 32.1 Å². The molecule has 0 saturated heterocycles. The number of carbonyl (C=O) groups is 1. The van der Waals surface area contributed by atoms with Gasteiger partial charge in [-0.15, -0.1) is 0 Å². The largest absolute Gasteiger partial charge is 0.300 e. The van der Waals surface area contributed by atoms with Crippen LogP contribution in [0.15, 0.2) is 0 Å². The molecule has 2 aliphatic rings. The predicted molar refractivity (Wildman–Crippen MR) is 75.6 cm³/mol. The summed E-state index contributed by atoms with van der Waals surface area (Å²) in [6.45, 7) is 8.63. The Morgan fingerprint density at radius 2 is 1.83 bits per heavy atom. The van der Waals surface area contributed by atoms with Gasteiger partial charge in [-0.2, -0.15) is 0 Å². The molecule has 0 N–H and O–H groups in total. The van der Waals surface area contributed by atoms with E-state index in [2.05, 4.69) is 25.7 Å². The predicted octanol–water partition coefficient (Wildman–Crippen LogP) is 3.65. The van der Waals surface area contributed by atoms with Gasteiger partial charge in [-0.3, -0.25) is 9.69 Å². The van der Waals surface area contributed by atoms with E-state index in [9.17, 15) is 4.79 Å². The molecule has 0 aromatic carbocycles. The van der Waals surface area contributed by atoms with Gasteiger partial charge < -0.3 is 0 Å². The van der Waals surface area contributed by atoms with Crippen LogP contribution in [-0.4, -0.2) is 29.8 Å². The van der Waals surface area contributed by atoms with Gasteiger partial charge in [0, 0.05) is 23.9 Å². The van der Waals surface area contributed by atoms with Crippen LogP contribution >= 0.6 is 0 Å². The molecule has 0 heterocycles. The van der Waals surface area contributed by atoms with Crippen molar-refractivity contribution in [2.45, 2.75) is 71.8 Å². The van der Waals surface area contributed by atoms with Crippen LogP contribution < -0.4 is 0 Å². The minimum atomic E-state index is -0.0714. The van der Waals surface area contributed by atoms with Gasteiger partial charge in [-0.05, 0) is 32.2 Å². The minimum Gasteiger partial charge on any atom is -0.300 e. The van der Waals surface area contributed by atoms with Crippen molar-refractivity contribution in [3.63, 3.8) is 0 Å². The van der Waals surface area contributed by atoms with Gasteiger partial charge in [0.1, 0.15) is 5.78 Å². The molecular formula is C16H29NO. The van der Waals surface area contributed by atoms with Crippen LogP contribution in [0.4, 0.5) is 0 Å². The Balaban J connectivity index is 1.96. The summed E-state index contributed by atoms with van der Waals surface area (Å²) in [6, 6.07) is 0.757. The first kappa shape index (κ1) is 14.0. The minimum absolute atomic E-state index is 0.0714. The molecule has 0 spiro atoms. The van der Waals surface area contributed by atoms with Crippen LogP contribution in [0.25, 0.3) is 0 Å². The Hall–Kier alpha value is -0.370. The fourth-order valence-corrected chi connectivity index (χ4v) is 3.86. The van der Waals surface area contributed by atoms with Gasteiger partial charge in [0.05, 0.1) is 0 Å². The highest BCUT2D eigenvalue weighted by Gasteiger charge is 2.38. The second-order valence-electron chi connectivity index (χ2n) is 6.86. The van der Waals surface area contributed by atoms with Crippen LogP contribution in [0.5, 0.6) is 0 Å². The summed E-state index contributed by atoms with van der Waals surface area (Å²) in [6.07, 6.45) is 8.88. The Morgan fingerprint density at radius 3 is 2.44 bits per heavy atom. The molecular weight excluding hydrogens is 222 g/mol. The number of hydrogen-bond donors (Lipinski definition) is 0. The van der Waals surface area contributed by atoms with E-state index in [-0.39, 0.29) is 5.41 Å². The van der Waals surface area contributed by atoms with Crippen molar-refractivity contribution in [1.29, 1.82) is 0 Å². The second kappa shape index (κ2) is 5.73. The lowest BCUT2D eigenvalue weighted by atomic mass is 9.71. The first-order chi connectivity index (χ1) is 8.54. The standard InChI is InChI=1S/C16H29NO/c1-4-17(14-9-5-6-10-14)12-13-8-7-11-16(2,3)15(13)18/h13-14H,4-12H2,1-3H3. The summed E-state index contributed by atoms with van der Waals surface area (Å²) in [5.41, 5.74) is -0.0714. The first-order valence-electron chi connectivity index (χ1n) is 7.83. The van der Waals surface area contributed by atoms with Crippen LogP contribution in [0, 0.1) is 11.3 Å². The summed E-state index contributed by atoms with van der Waals surface area (Å²) < 4.78 is 0. The van der Waals surface area contributed by atoms with Crippen LogP contribution in [-0.2, 0) is 4.79 Å². The zero-order valence-corrected chi connectivity index (χ0v) is 12.4. The number of ketones is 1. The fraction of sp³-hybridized carbons (Fsp3) is 0.938. The molecule has 2 heteroatoms. The van der Waals surface area contributed by atoms with Crippen molar-refractivity contribution in [2.75, 3.05) is 13.1 Å². The van der Waals surface area contributed by atoms with Crippen LogP contribution in [0.3, 0.4) is 0 Å². The molecule has 1 unspecified atom stereocenters. The van der Waals surface area contributed by atoms with E-state index in [1.54, 1.807) is 0 Å². The Labute approximate surface area is 112 Å². The first-order valence-corrected chi connectivity index (χ1v) is 7.83. The molecule has 0 aliphatic heterocycles. The van der Waals surface area contributed by atoms with E-state index in [0.29, 0.717) is 11.7 Å². The highest BCUT2D eigenvalue weighted by Crippen LogP contribution is 2.36. The number of rotatable bonds is 4. The molecule has 0 amide bonds. The molecule has 1 atom stereocenters. The molecule has 2 saturated carbocycles. The maximum Gasteiger partial charge on any atom is 0.142 e. The van der Waals surface area contributed by atoms with E-state index < -0.39 is 0 Å². The van der Waals surface area contributed by atoms with Gasteiger partial charge in [0.25, 0.3) is 0 Å². The average Bonchev–Trinajstić information content (AvgIpc) is 2.84. The van der Waals surface area contributed by atoms with Gasteiger partial charge >= 0.3 is 0 Å². The molecule has 2 aliphatic carbocycles. The van der Waals surface area contributed by atoms with E-state index >= 15 is 0 Å². The van der Waals surface area contributed by atoms with Crippen molar-refractivity contribution in [2.24, 2.45) is 11.3 Å². The average molecular weight is 251 g/mol. The third-order valence-electron chi connectivity index (χ3n) is 5.09. The monoisotopic (exact) mass is 251 g/mol. The summed E-state index contributed by atoms with van der Waals surface area (Å²) in [5, 5.41) is 0. The zero-order chi connectivity index (χ0) is 13.2. The Morgan fingerprint density at radius 1 is 1.17 bits per heavy atom. The molecule has 0 bridgehead atoms. The topological polar surface area (TPSA) is 20.3 Å².